The van der Waals surface area contributed by atoms with E-state index in [0.717, 1.165) is 24.2 Å². The molecule has 1 aromatic rings. The highest BCUT2D eigenvalue weighted by Crippen LogP contribution is 2.24. The molecule has 102 valence electrons. The van der Waals surface area contributed by atoms with Gasteiger partial charge in [0, 0.05) is 18.7 Å². The zero-order valence-corrected chi connectivity index (χ0v) is 10.9. The van der Waals surface area contributed by atoms with Crippen molar-refractivity contribution in [1.82, 2.24) is 5.32 Å². The lowest BCUT2D eigenvalue weighted by molar-refractivity contribution is -0.124. The van der Waals surface area contributed by atoms with Gasteiger partial charge in [0.05, 0.1) is 6.04 Å². The third-order valence-electron chi connectivity index (χ3n) is 3.28. The fraction of sp³-hybridized carbons (Fsp3) is 0.429. The van der Waals surface area contributed by atoms with Gasteiger partial charge < -0.3 is 15.3 Å². The summed E-state index contributed by atoms with van der Waals surface area (Å²) < 4.78 is 0. The summed E-state index contributed by atoms with van der Waals surface area (Å²) in [5, 5.41) is 11.4. The van der Waals surface area contributed by atoms with E-state index in [9.17, 15) is 9.59 Å². The maximum absolute atomic E-state index is 11.7. The third kappa shape index (κ3) is 3.12. The Morgan fingerprint density at radius 2 is 2.32 bits per heavy atom. The van der Waals surface area contributed by atoms with E-state index in [1.54, 1.807) is 4.90 Å². The molecule has 19 heavy (non-hydrogen) atoms. The Labute approximate surface area is 112 Å². The molecular weight excluding hydrogens is 244 g/mol. The molecule has 1 aliphatic rings. The first-order chi connectivity index (χ1) is 9.11. The minimum atomic E-state index is -0.519. The predicted molar refractivity (Wildman–Crippen MR) is 71.7 cm³/mol. The molecule has 5 heteroatoms. The third-order valence-corrected chi connectivity index (χ3v) is 3.28. The van der Waals surface area contributed by atoms with Crippen molar-refractivity contribution in [3.63, 3.8) is 0 Å². The fourth-order valence-corrected chi connectivity index (χ4v) is 2.25. The maximum Gasteiger partial charge on any atom is 0.246 e. The molecule has 5 nitrogen and oxygen atoms in total. The Balaban J connectivity index is 2.14. The van der Waals surface area contributed by atoms with Crippen LogP contribution < -0.4 is 10.2 Å². The largest absolute Gasteiger partial charge is 0.387 e. The number of aliphatic hydroxyl groups excluding tert-OH is 1. The minimum absolute atomic E-state index is 0.143. The summed E-state index contributed by atoms with van der Waals surface area (Å²) in [7, 11) is 0. The Bertz CT molecular complexity index is 487. The van der Waals surface area contributed by atoms with Crippen molar-refractivity contribution in [1.29, 1.82) is 0 Å². The van der Waals surface area contributed by atoms with Crippen molar-refractivity contribution in [2.45, 2.75) is 25.8 Å². The van der Waals surface area contributed by atoms with Crippen LogP contribution in [0.2, 0.25) is 0 Å². The molecule has 1 heterocycles. The van der Waals surface area contributed by atoms with E-state index in [2.05, 4.69) is 5.32 Å². The van der Waals surface area contributed by atoms with Gasteiger partial charge in [0.2, 0.25) is 11.8 Å². The second-order valence-electron chi connectivity index (χ2n) is 4.69. The van der Waals surface area contributed by atoms with Crippen molar-refractivity contribution in [3.05, 3.63) is 29.8 Å². The average molecular weight is 262 g/mol. The topological polar surface area (TPSA) is 69.6 Å². The lowest BCUT2D eigenvalue weighted by Gasteiger charge is -2.19. The Morgan fingerprint density at radius 1 is 1.53 bits per heavy atom. The molecule has 2 N–H and O–H groups in total. The highest BCUT2D eigenvalue weighted by atomic mass is 16.3. The van der Waals surface area contributed by atoms with E-state index in [-0.39, 0.29) is 11.9 Å². The molecule has 0 bridgehead atoms. The summed E-state index contributed by atoms with van der Waals surface area (Å²) in [6, 6.07) is 7.38. The van der Waals surface area contributed by atoms with Crippen LogP contribution in [0, 0.1) is 0 Å². The number of carbonyl (C=O) groups is 2. The van der Waals surface area contributed by atoms with E-state index in [1.807, 2.05) is 31.2 Å². The number of anilines is 1. The molecule has 2 rings (SSSR count). The Hall–Kier alpha value is -1.88. The SMILES string of the molecule is CC(NC(=O)CO)c1cccc(N2CCCC2=O)c1. The molecule has 1 aromatic carbocycles. The highest BCUT2D eigenvalue weighted by molar-refractivity contribution is 5.95. The molecule has 0 aromatic heterocycles. The van der Waals surface area contributed by atoms with Crippen LogP contribution in [0.4, 0.5) is 5.69 Å². The van der Waals surface area contributed by atoms with Crippen molar-refractivity contribution < 1.29 is 14.7 Å². The molecule has 0 radical (unpaired) electrons. The van der Waals surface area contributed by atoms with Gasteiger partial charge in [-0.05, 0) is 31.0 Å². The van der Waals surface area contributed by atoms with Crippen molar-refractivity contribution in [3.8, 4) is 0 Å². The zero-order valence-electron chi connectivity index (χ0n) is 10.9. The Kier molecular flexibility index (Phi) is 4.16. The van der Waals surface area contributed by atoms with Gasteiger partial charge in [-0.25, -0.2) is 0 Å². The van der Waals surface area contributed by atoms with Crippen LogP contribution >= 0.6 is 0 Å². The summed E-state index contributed by atoms with van der Waals surface area (Å²) in [6.07, 6.45) is 1.49. The van der Waals surface area contributed by atoms with Gasteiger partial charge in [-0.15, -0.1) is 0 Å². The lowest BCUT2D eigenvalue weighted by Crippen LogP contribution is -2.29. The summed E-state index contributed by atoms with van der Waals surface area (Å²) in [4.78, 5) is 24.6. The van der Waals surface area contributed by atoms with Crippen LogP contribution in [-0.2, 0) is 9.59 Å². The van der Waals surface area contributed by atoms with Gasteiger partial charge in [0.15, 0.2) is 0 Å². The van der Waals surface area contributed by atoms with Crippen molar-refractivity contribution >= 4 is 17.5 Å². The van der Waals surface area contributed by atoms with E-state index >= 15 is 0 Å². The minimum Gasteiger partial charge on any atom is -0.387 e. The number of hydrogen-bond acceptors (Lipinski definition) is 3. The number of hydrogen-bond donors (Lipinski definition) is 2. The van der Waals surface area contributed by atoms with Gasteiger partial charge in [-0.2, -0.15) is 0 Å². The number of aliphatic hydroxyl groups is 1. The number of nitrogens with one attached hydrogen (secondary N) is 1. The van der Waals surface area contributed by atoms with Gasteiger partial charge in [0.1, 0.15) is 6.61 Å². The van der Waals surface area contributed by atoms with Gasteiger partial charge in [-0.1, -0.05) is 12.1 Å². The first-order valence-electron chi connectivity index (χ1n) is 6.42. The molecule has 1 saturated heterocycles. The quantitative estimate of drug-likeness (QED) is 0.850. The number of benzene rings is 1. The number of carbonyl (C=O) groups excluding carboxylic acids is 2. The van der Waals surface area contributed by atoms with Crippen molar-refractivity contribution in [2.75, 3.05) is 18.1 Å². The first kappa shape index (κ1) is 13.5. The van der Waals surface area contributed by atoms with E-state index in [4.69, 9.17) is 5.11 Å². The molecule has 0 saturated carbocycles. The van der Waals surface area contributed by atoms with Crippen LogP contribution in [-0.4, -0.2) is 30.1 Å². The van der Waals surface area contributed by atoms with Gasteiger partial charge >= 0.3 is 0 Å². The number of nitrogens with zero attached hydrogens (tertiary/aromatic N) is 1. The summed E-state index contributed by atoms with van der Waals surface area (Å²) in [5.41, 5.74) is 1.78. The first-order valence-corrected chi connectivity index (χ1v) is 6.42. The second-order valence-corrected chi connectivity index (χ2v) is 4.69. The van der Waals surface area contributed by atoms with Crippen LogP contribution in [0.1, 0.15) is 31.4 Å². The predicted octanol–water partition coefficient (Wildman–Crippen LogP) is 0.983. The number of rotatable bonds is 4. The van der Waals surface area contributed by atoms with Crippen LogP contribution in [0.3, 0.4) is 0 Å². The van der Waals surface area contributed by atoms with E-state index < -0.39 is 12.5 Å². The van der Waals surface area contributed by atoms with E-state index in [0.29, 0.717) is 6.42 Å². The van der Waals surface area contributed by atoms with E-state index in [1.165, 1.54) is 0 Å². The normalized spacial score (nSPS) is 16.5. The molecular formula is C14H18N2O3. The van der Waals surface area contributed by atoms with Gasteiger partial charge in [0.25, 0.3) is 0 Å². The molecule has 0 spiro atoms. The summed E-state index contributed by atoms with van der Waals surface area (Å²) in [5.74, 6) is -0.264. The van der Waals surface area contributed by atoms with Crippen LogP contribution in [0.25, 0.3) is 0 Å². The highest BCUT2D eigenvalue weighted by Gasteiger charge is 2.22. The number of amides is 2. The lowest BCUT2D eigenvalue weighted by atomic mass is 10.1. The van der Waals surface area contributed by atoms with Crippen LogP contribution in [0.15, 0.2) is 24.3 Å². The Morgan fingerprint density at radius 3 is 2.95 bits per heavy atom. The van der Waals surface area contributed by atoms with Gasteiger partial charge in [-0.3, -0.25) is 9.59 Å². The average Bonchev–Trinajstić information content (AvgIpc) is 2.85. The standard InChI is InChI=1S/C14H18N2O3/c1-10(15-13(18)9-17)11-4-2-5-12(8-11)16-7-3-6-14(16)19/h2,4-5,8,10,17H,3,6-7,9H2,1H3,(H,15,18). The monoisotopic (exact) mass is 262 g/mol. The second kappa shape index (κ2) is 5.84. The molecule has 1 unspecified atom stereocenters. The summed E-state index contributed by atoms with van der Waals surface area (Å²) >= 11 is 0. The molecule has 1 fully saturated rings. The maximum atomic E-state index is 11.7. The molecule has 1 atom stereocenters. The molecule has 0 aliphatic carbocycles. The van der Waals surface area contributed by atoms with Crippen LogP contribution in [0.5, 0.6) is 0 Å². The molecule has 1 aliphatic heterocycles. The summed E-state index contributed by atoms with van der Waals surface area (Å²) in [6.45, 7) is 2.08. The smallest absolute Gasteiger partial charge is 0.246 e. The zero-order chi connectivity index (χ0) is 13.8. The molecule has 2 amide bonds. The van der Waals surface area contributed by atoms with Crippen molar-refractivity contribution in [2.24, 2.45) is 0 Å². The fourth-order valence-electron chi connectivity index (χ4n) is 2.25.